The molecule has 2 unspecified atom stereocenters. The maximum absolute atomic E-state index is 12.1. The fraction of sp³-hybridized carbons (Fsp3) is 0.647. The van der Waals surface area contributed by atoms with Gasteiger partial charge in [0.1, 0.15) is 5.75 Å². The number of benzene rings is 1. The van der Waals surface area contributed by atoms with Gasteiger partial charge < -0.3 is 10.1 Å². The lowest BCUT2D eigenvalue weighted by atomic mass is 10.1. The second-order valence-electron chi connectivity index (χ2n) is 5.84. The SMILES string of the molecule is CCCNC(CS(=O)C(C)C)c1ccc(OC(C)C)cc1. The molecular formula is C17H29NO2S. The van der Waals surface area contributed by atoms with Gasteiger partial charge in [-0.15, -0.1) is 0 Å². The van der Waals surface area contributed by atoms with E-state index in [0.29, 0.717) is 5.75 Å². The van der Waals surface area contributed by atoms with Crippen LogP contribution in [0.5, 0.6) is 5.75 Å². The molecule has 2 atom stereocenters. The van der Waals surface area contributed by atoms with Crippen molar-refractivity contribution in [3.63, 3.8) is 0 Å². The van der Waals surface area contributed by atoms with Crippen molar-refractivity contribution in [1.29, 1.82) is 0 Å². The molecule has 0 aliphatic rings. The van der Waals surface area contributed by atoms with Crippen molar-refractivity contribution < 1.29 is 8.95 Å². The Morgan fingerprint density at radius 2 is 1.76 bits per heavy atom. The van der Waals surface area contributed by atoms with Crippen molar-refractivity contribution >= 4 is 10.8 Å². The molecule has 3 nitrogen and oxygen atoms in total. The zero-order valence-corrected chi connectivity index (χ0v) is 14.7. The smallest absolute Gasteiger partial charge is 0.119 e. The highest BCUT2D eigenvalue weighted by Crippen LogP contribution is 2.20. The maximum Gasteiger partial charge on any atom is 0.119 e. The highest BCUT2D eigenvalue weighted by molar-refractivity contribution is 7.85. The van der Waals surface area contributed by atoms with E-state index in [-0.39, 0.29) is 17.4 Å². The van der Waals surface area contributed by atoms with E-state index in [9.17, 15) is 4.21 Å². The Labute approximate surface area is 131 Å². The van der Waals surface area contributed by atoms with Crippen LogP contribution >= 0.6 is 0 Å². The summed E-state index contributed by atoms with van der Waals surface area (Å²) in [4.78, 5) is 0. The zero-order valence-electron chi connectivity index (χ0n) is 13.9. The van der Waals surface area contributed by atoms with Crippen LogP contribution in [0.2, 0.25) is 0 Å². The van der Waals surface area contributed by atoms with Gasteiger partial charge in [0.05, 0.1) is 6.10 Å². The normalized spacial score (nSPS) is 14.4. The summed E-state index contributed by atoms with van der Waals surface area (Å²) < 4.78 is 17.8. The Morgan fingerprint density at radius 3 is 2.24 bits per heavy atom. The van der Waals surface area contributed by atoms with Crippen LogP contribution in [0.1, 0.15) is 52.6 Å². The molecule has 4 heteroatoms. The van der Waals surface area contributed by atoms with Gasteiger partial charge in [-0.1, -0.05) is 32.9 Å². The average molecular weight is 311 g/mol. The predicted octanol–water partition coefficient (Wildman–Crippen LogP) is 3.67. The summed E-state index contributed by atoms with van der Waals surface area (Å²) in [5.74, 6) is 1.54. The van der Waals surface area contributed by atoms with Crippen LogP contribution in [0.25, 0.3) is 0 Å². The van der Waals surface area contributed by atoms with E-state index in [4.69, 9.17) is 4.74 Å². The number of hydrogen-bond donors (Lipinski definition) is 1. The van der Waals surface area contributed by atoms with Gasteiger partial charge in [-0.2, -0.15) is 0 Å². The first-order valence-electron chi connectivity index (χ1n) is 7.81. The van der Waals surface area contributed by atoms with Gasteiger partial charge in [0, 0.05) is 27.8 Å². The van der Waals surface area contributed by atoms with E-state index < -0.39 is 10.8 Å². The zero-order chi connectivity index (χ0) is 15.8. The Morgan fingerprint density at radius 1 is 1.14 bits per heavy atom. The lowest BCUT2D eigenvalue weighted by Crippen LogP contribution is -2.29. The summed E-state index contributed by atoms with van der Waals surface area (Å²) in [5, 5.41) is 3.69. The number of hydrogen-bond acceptors (Lipinski definition) is 3. The van der Waals surface area contributed by atoms with Crippen LogP contribution < -0.4 is 10.1 Å². The summed E-state index contributed by atoms with van der Waals surface area (Å²) in [6, 6.07) is 8.27. The molecule has 0 radical (unpaired) electrons. The molecule has 0 saturated heterocycles. The lowest BCUT2D eigenvalue weighted by Gasteiger charge is -2.20. The Bertz CT molecular complexity index is 429. The van der Waals surface area contributed by atoms with E-state index >= 15 is 0 Å². The molecule has 0 fully saturated rings. The monoisotopic (exact) mass is 311 g/mol. The molecule has 21 heavy (non-hydrogen) atoms. The van der Waals surface area contributed by atoms with Crippen molar-refractivity contribution in [3.8, 4) is 5.75 Å². The van der Waals surface area contributed by atoms with E-state index in [1.54, 1.807) is 0 Å². The summed E-state index contributed by atoms with van der Waals surface area (Å²) in [5.41, 5.74) is 1.17. The van der Waals surface area contributed by atoms with E-state index in [0.717, 1.165) is 18.7 Å². The fourth-order valence-electron chi connectivity index (χ4n) is 2.00. The quantitative estimate of drug-likeness (QED) is 0.756. The lowest BCUT2D eigenvalue weighted by molar-refractivity contribution is 0.242. The van der Waals surface area contributed by atoms with Gasteiger partial charge in [0.2, 0.25) is 0 Å². The first kappa shape index (κ1) is 18.2. The Balaban J connectivity index is 2.79. The van der Waals surface area contributed by atoms with Crippen molar-refractivity contribution in [2.45, 2.75) is 58.4 Å². The summed E-state index contributed by atoms with van der Waals surface area (Å²) in [7, 11) is -0.814. The van der Waals surface area contributed by atoms with Gasteiger partial charge in [-0.3, -0.25) is 4.21 Å². The summed E-state index contributed by atoms with van der Waals surface area (Å²) >= 11 is 0. The summed E-state index contributed by atoms with van der Waals surface area (Å²) in [6.45, 7) is 11.1. The maximum atomic E-state index is 12.1. The molecule has 1 aromatic rings. The molecule has 0 aliphatic heterocycles. The van der Waals surface area contributed by atoms with Crippen LogP contribution in [0, 0.1) is 0 Å². The second kappa shape index (κ2) is 9.21. The minimum absolute atomic E-state index is 0.140. The minimum atomic E-state index is -0.814. The molecule has 0 aliphatic carbocycles. The van der Waals surface area contributed by atoms with E-state index in [2.05, 4.69) is 24.4 Å². The van der Waals surface area contributed by atoms with Gasteiger partial charge in [0.15, 0.2) is 0 Å². The predicted molar refractivity (Wildman–Crippen MR) is 91.4 cm³/mol. The molecule has 0 saturated carbocycles. The third kappa shape index (κ3) is 6.62. The van der Waals surface area contributed by atoms with Gasteiger partial charge in [-0.05, 0) is 44.5 Å². The van der Waals surface area contributed by atoms with Crippen LogP contribution in [0.4, 0.5) is 0 Å². The molecule has 1 aromatic carbocycles. The third-order valence-corrected chi connectivity index (χ3v) is 4.87. The summed E-state index contributed by atoms with van der Waals surface area (Å²) in [6.07, 6.45) is 1.25. The van der Waals surface area contributed by atoms with Gasteiger partial charge in [0.25, 0.3) is 0 Å². The average Bonchev–Trinajstić information content (AvgIpc) is 2.43. The van der Waals surface area contributed by atoms with Crippen LogP contribution in [-0.4, -0.2) is 27.9 Å². The highest BCUT2D eigenvalue weighted by Gasteiger charge is 2.16. The first-order valence-corrected chi connectivity index (χ1v) is 9.19. The molecule has 0 aromatic heterocycles. The minimum Gasteiger partial charge on any atom is -0.491 e. The third-order valence-electron chi connectivity index (χ3n) is 3.15. The Kier molecular flexibility index (Phi) is 7.97. The standard InChI is InChI=1S/C17H29NO2S/c1-6-11-18-17(12-21(19)14(4)5)15-7-9-16(10-8-15)20-13(2)3/h7-10,13-14,17-18H,6,11-12H2,1-5H3. The second-order valence-corrected chi connectivity index (χ2v) is 7.88. The molecular weight excluding hydrogens is 282 g/mol. The number of nitrogens with one attached hydrogen (secondary N) is 1. The van der Waals surface area contributed by atoms with Gasteiger partial charge in [-0.25, -0.2) is 0 Å². The van der Waals surface area contributed by atoms with E-state index in [1.807, 2.05) is 39.8 Å². The topological polar surface area (TPSA) is 38.3 Å². The fourth-order valence-corrected chi connectivity index (χ4v) is 3.02. The first-order chi connectivity index (χ1) is 9.93. The Hall–Kier alpha value is -0.870. The molecule has 1 rings (SSSR count). The van der Waals surface area contributed by atoms with Crippen LogP contribution in [0.3, 0.4) is 0 Å². The molecule has 0 amide bonds. The van der Waals surface area contributed by atoms with Crippen molar-refractivity contribution in [1.82, 2.24) is 5.32 Å². The van der Waals surface area contributed by atoms with Crippen molar-refractivity contribution in [3.05, 3.63) is 29.8 Å². The number of ether oxygens (including phenoxy) is 1. The largest absolute Gasteiger partial charge is 0.491 e. The van der Waals surface area contributed by atoms with Crippen molar-refractivity contribution in [2.75, 3.05) is 12.3 Å². The van der Waals surface area contributed by atoms with Crippen molar-refractivity contribution in [2.24, 2.45) is 0 Å². The molecule has 120 valence electrons. The molecule has 0 heterocycles. The van der Waals surface area contributed by atoms with Gasteiger partial charge >= 0.3 is 0 Å². The van der Waals surface area contributed by atoms with E-state index in [1.165, 1.54) is 5.56 Å². The molecule has 1 N–H and O–H groups in total. The molecule has 0 spiro atoms. The highest BCUT2D eigenvalue weighted by atomic mass is 32.2. The number of rotatable bonds is 9. The van der Waals surface area contributed by atoms with Crippen LogP contribution in [-0.2, 0) is 10.8 Å². The van der Waals surface area contributed by atoms with Crippen LogP contribution in [0.15, 0.2) is 24.3 Å². The molecule has 0 bridgehead atoms.